The van der Waals surface area contributed by atoms with Gasteiger partial charge in [0.15, 0.2) is 11.0 Å². The van der Waals surface area contributed by atoms with Crippen LogP contribution in [0.25, 0.3) is 11.4 Å². The molecule has 1 heterocycles. The molecule has 2 rings (SSSR count). The smallest absolute Gasteiger partial charge is 0.230 e. The molecule has 25 heavy (non-hydrogen) atoms. The lowest BCUT2D eigenvalue weighted by Crippen LogP contribution is -2.25. The summed E-state index contributed by atoms with van der Waals surface area (Å²) in [5, 5.41) is 12.1. The summed E-state index contributed by atoms with van der Waals surface area (Å²) in [5.41, 5.74) is 0.979. The standard InChI is InChI=1S/C18H24N4O2S/c1-4-6-12-22-17(14-7-9-15(24-3)10-8-14)20-21-18(22)25-13-16(23)19-11-5-2/h5,7-10H,2,4,6,11-13H2,1,3H3,(H,19,23). The molecule has 0 atom stereocenters. The molecule has 0 unspecified atom stereocenters. The number of benzene rings is 1. The van der Waals surface area contributed by atoms with E-state index in [1.165, 1.54) is 11.8 Å². The summed E-state index contributed by atoms with van der Waals surface area (Å²) in [6, 6.07) is 7.75. The van der Waals surface area contributed by atoms with Gasteiger partial charge >= 0.3 is 0 Å². The van der Waals surface area contributed by atoms with Crippen molar-refractivity contribution in [3.05, 3.63) is 36.9 Å². The lowest BCUT2D eigenvalue weighted by Gasteiger charge is -2.10. The SMILES string of the molecule is C=CCNC(=O)CSc1nnc(-c2ccc(OC)cc2)n1CCCC. The van der Waals surface area contributed by atoms with Gasteiger partial charge in [-0.05, 0) is 30.7 Å². The molecule has 0 aliphatic rings. The lowest BCUT2D eigenvalue weighted by atomic mass is 10.2. The van der Waals surface area contributed by atoms with Crippen molar-refractivity contribution in [1.82, 2.24) is 20.1 Å². The average Bonchev–Trinajstić information content (AvgIpc) is 3.05. The predicted molar refractivity (Wildman–Crippen MR) is 101 cm³/mol. The average molecular weight is 360 g/mol. The van der Waals surface area contributed by atoms with Gasteiger partial charge in [0.25, 0.3) is 0 Å². The first kappa shape index (κ1) is 19.1. The number of hydrogen-bond donors (Lipinski definition) is 1. The molecule has 0 bridgehead atoms. The van der Waals surface area contributed by atoms with Gasteiger partial charge in [0.2, 0.25) is 5.91 Å². The molecule has 0 saturated heterocycles. The van der Waals surface area contributed by atoms with Crippen LogP contribution in [0.15, 0.2) is 42.1 Å². The zero-order valence-corrected chi connectivity index (χ0v) is 15.5. The number of carbonyl (C=O) groups is 1. The molecule has 2 aromatic rings. The predicted octanol–water partition coefficient (Wildman–Crippen LogP) is 3.15. The molecule has 0 aliphatic carbocycles. The van der Waals surface area contributed by atoms with E-state index in [-0.39, 0.29) is 5.91 Å². The number of aromatic nitrogens is 3. The van der Waals surface area contributed by atoms with Crippen LogP contribution in [-0.2, 0) is 11.3 Å². The van der Waals surface area contributed by atoms with Crippen LogP contribution < -0.4 is 10.1 Å². The van der Waals surface area contributed by atoms with Crippen LogP contribution in [-0.4, -0.2) is 40.1 Å². The maximum Gasteiger partial charge on any atom is 0.230 e. The number of nitrogens with one attached hydrogen (secondary N) is 1. The van der Waals surface area contributed by atoms with Gasteiger partial charge in [0, 0.05) is 18.7 Å². The molecule has 0 radical (unpaired) electrons. The van der Waals surface area contributed by atoms with Gasteiger partial charge in [-0.15, -0.1) is 16.8 Å². The maximum absolute atomic E-state index is 11.8. The van der Waals surface area contributed by atoms with E-state index >= 15 is 0 Å². The number of nitrogens with zero attached hydrogens (tertiary/aromatic N) is 3. The van der Waals surface area contributed by atoms with Crippen LogP contribution in [0.4, 0.5) is 0 Å². The third-order valence-corrected chi connectivity index (χ3v) is 4.54. The highest BCUT2D eigenvalue weighted by Gasteiger charge is 2.15. The van der Waals surface area contributed by atoms with Crippen molar-refractivity contribution in [1.29, 1.82) is 0 Å². The minimum Gasteiger partial charge on any atom is -0.497 e. The zero-order valence-electron chi connectivity index (χ0n) is 14.7. The van der Waals surface area contributed by atoms with E-state index in [0.717, 1.165) is 41.7 Å². The van der Waals surface area contributed by atoms with Crippen molar-refractivity contribution < 1.29 is 9.53 Å². The summed E-state index contributed by atoms with van der Waals surface area (Å²) in [4.78, 5) is 11.8. The number of hydrogen-bond acceptors (Lipinski definition) is 5. The summed E-state index contributed by atoms with van der Waals surface area (Å²) in [6.45, 7) is 7.03. The quantitative estimate of drug-likeness (QED) is 0.521. The Morgan fingerprint density at radius 1 is 1.36 bits per heavy atom. The van der Waals surface area contributed by atoms with Crippen molar-refractivity contribution in [2.24, 2.45) is 0 Å². The highest BCUT2D eigenvalue weighted by Crippen LogP contribution is 2.26. The van der Waals surface area contributed by atoms with Crippen LogP contribution in [0.5, 0.6) is 5.75 Å². The first-order chi connectivity index (χ1) is 12.2. The van der Waals surface area contributed by atoms with E-state index in [4.69, 9.17) is 4.74 Å². The fourth-order valence-electron chi connectivity index (χ4n) is 2.23. The fraction of sp³-hybridized carbons (Fsp3) is 0.389. The van der Waals surface area contributed by atoms with Crippen LogP contribution in [0.2, 0.25) is 0 Å². The number of amides is 1. The third-order valence-electron chi connectivity index (χ3n) is 3.58. The van der Waals surface area contributed by atoms with Crippen molar-refractivity contribution in [3.8, 4) is 17.1 Å². The molecular weight excluding hydrogens is 336 g/mol. The molecule has 0 fully saturated rings. The Balaban J connectivity index is 2.17. The van der Waals surface area contributed by atoms with E-state index in [2.05, 4.69) is 33.6 Å². The Kier molecular flexibility index (Phi) is 7.53. The van der Waals surface area contributed by atoms with Crippen molar-refractivity contribution in [2.75, 3.05) is 19.4 Å². The highest BCUT2D eigenvalue weighted by molar-refractivity contribution is 7.99. The van der Waals surface area contributed by atoms with Gasteiger partial charge in [0.1, 0.15) is 5.75 Å². The van der Waals surface area contributed by atoms with E-state index in [0.29, 0.717) is 12.3 Å². The van der Waals surface area contributed by atoms with E-state index < -0.39 is 0 Å². The van der Waals surface area contributed by atoms with E-state index in [9.17, 15) is 4.79 Å². The molecule has 0 spiro atoms. The third kappa shape index (κ3) is 5.35. The van der Waals surface area contributed by atoms with Gasteiger partial charge in [-0.25, -0.2) is 0 Å². The molecule has 6 nitrogen and oxygen atoms in total. The summed E-state index contributed by atoms with van der Waals surface area (Å²) in [7, 11) is 1.64. The minimum absolute atomic E-state index is 0.0408. The summed E-state index contributed by atoms with van der Waals surface area (Å²) in [6.07, 6.45) is 3.76. The van der Waals surface area contributed by atoms with Crippen LogP contribution in [0.1, 0.15) is 19.8 Å². The van der Waals surface area contributed by atoms with E-state index in [1.54, 1.807) is 13.2 Å². The number of thioether (sulfide) groups is 1. The number of unbranched alkanes of at least 4 members (excludes halogenated alkanes) is 1. The molecule has 1 aromatic heterocycles. The second-order valence-corrected chi connectivity index (χ2v) is 6.36. The van der Waals surface area contributed by atoms with Crippen molar-refractivity contribution >= 4 is 17.7 Å². The number of ether oxygens (including phenoxy) is 1. The normalized spacial score (nSPS) is 10.5. The largest absolute Gasteiger partial charge is 0.497 e. The second kappa shape index (κ2) is 9.88. The van der Waals surface area contributed by atoms with E-state index in [1.807, 2.05) is 24.3 Å². The first-order valence-electron chi connectivity index (χ1n) is 8.27. The van der Waals surface area contributed by atoms with Crippen molar-refractivity contribution in [3.63, 3.8) is 0 Å². The maximum atomic E-state index is 11.8. The summed E-state index contributed by atoms with van der Waals surface area (Å²) < 4.78 is 7.28. The zero-order chi connectivity index (χ0) is 18.1. The minimum atomic E-state index is -0.0408. The lowest BCUT2D eigenvalue weighted by molar-refractivity contribution is -0.118. The van der Waals surface area contributed by atoms with Crippen LogP contribution in [0.3, 0.4) is 0 Å². The highest BCUT2D eigenvalue weighted by atomic mass is 32.2. The van der Waals surface area contributed by atoms with Crippen LogP contribution >= 0.6 is 11.8 Å². The Morgan fingerprint density at radius 2 is 2.12 bits per heavy atom. The topological polar surface area (TPSA) is 69.0 Å². The Hall–Kier alpha value is -2.28. The molecule has 7 heteroatoms. The molecule has 0 aliphatic heterocycles. The summed E-state index contributed by atoms with van der Waals surface area (Å²) in [5.74, 6) is 1.88. The van der Waals surface area contributed by atoms with Gasteiger partial charge in [0.05, 0.1) is 12.9 Å². The molecular formula is C18H24N4O2S. The van der Waals surface area contributed by atoms with Crippen LogP contribution in [0, 0.1) is 0 Å². The van der Waals surface area contributed by atoms with Gasteiger partial charge in [-0.3, -0.25) is 4.79 Å². The molecule has 0 saturated carbocycles. The van der Waals surface area contributed by atoms with Gasteiger partial charge < -0.3 is 14.6 Å². The number of carbonyl (C=O) groups excluding carboxylic acids is 1. The Labute approximate surface area is 152 Å². The number of methoxy groups -OCH3 is 1. The van der Waals surface area contributed by atoms with Gasteiger partial charge in [-0.1, -0.05) is 31.2 Å². The molecule has 1 N–H and O–H groups in total. The second-order valence-electron chi connectivity index (χ2n) is 5.42. The Bertz CT molecular complexity index is 698. The fourth-order valence-corrected chi connectivity index (χ4v) is 3.03. The molecule has 1 amide bonds. The molecule has 134 valence electrons. The molecule has 1 aromatic carbocycles. The van der Waals surface area contributed by atoms with Gasteiger partial charge in [-0.2, -0.15) is 0 Å². The number of rotatable bonds is 10. The monoisotopic (exact) mass is 360 g/mol. The first-order valence-corrected chi connectivity index (χ1v) is 9.26. The van der Waals surface area contributed by atoms with Crippen molar-refractivity contribution in [2.45, 2.75) is 31.5 Å². The summed E-state index contributed by atoms with van der Waals surface area (Å²) >= 11 is 1.40. The Morgan fingerprint density at radius 3 is 2.76 bits per heavy atom.